The number of methoxy groups -OCH3 is 1. The van der Waals surface area contributed by atoms with Gasteiger partial charge in [-0.3, -0.25) is 9.48 Å². The average Bonchev–Trinajstić information content (AvgIpc) is 3.26. The van der Waals surface area contributed by atoms with Gasteiger partial charge in [0.15, 0.2) is 0 Å². The van der Waals surface area contributed by atoms with E-state index in [4.69, 9.17) is 27.9 Å². The van der Waals surface area contributed by atoms with Crippen LogP contribution in [0.3, 0.4) is 0 Å². The summed E-state index contributed by atoms with van der Waals surface area (Å²) in [6.07, 6.45) is 5.74. The van der Waals surface area contributed by atoms with Crippen LogP contribution in [0.4, 0.5) is 5.69 Å². The topological polar surface area (TPSA) is 93.5 Å². The summed E-state index contributed by atoms with van der Waals surface area (Å²) in [6.45, 7) is 1.33. The second-order valence-electron chi connectivity index (χ2n) is 7.96. The van der Waals surface area contributed by atoms with Crippen LogP contribution in [0.15, 0.2) is 53.7 Å². The molecule has 0 atom stereocenters. The number of piperidine rings is 1. The van der Waals surface area contributed by atoms with E-state index < -0.39 is 15.9 Å². The van der Waals surface area contributed by atoms with E-state index in [2.05, 4.69) is 10.4 Å². The number of carbonyl (C=O) groups excluding carboxylic acids is 1. The lowest BCUT2D eigenvalue weighted by Gasteiger charge is -2.26. The quantitative estimate of drug-likeness (QED) is 0.486. The molecule has 2 heterocycles. The number of hydrogen-bond donors (Lipinski definition) is 1. The highest BCUT2D eigenvalue weighted by Gasteiger charge is 2.30. The zero-order valence-electron chi connectivity index (χ0n) is 18.5. The Morgan fingerprint density at radius 2 is 1.88 bits per heavy atom. The van der Waals surface area contributed by atoms with Gasteiger partial charge in [-0.05, 0) is 42.7 Å². The molecule has 34 heavy (non-hydrogen) atoms. The number of halogens is 2. The number of amides is 1. The summed E-state index contributed by atoms with van der Waals surface area (Å²) >= 11 is 12.5. The second-order valence-corrected chi connectivity index (χ2v) is 10.7. The Bertz CT molecular complexity index is 1300. The van der Waals surface area contributed by atoms with Gasteiger partial charge in [0.25, 0.3) is 5.91 Å². The van der Waals surface area contributed by atoms with Crippen LogP contribution in [-0.2, 0) is 16.6 Å². The zero-order valence-corrected chi connectivity index (χ0v) is 20.8. The van der Waals surface area contributed by atoms with E-state index in [0.717, 1.165) is 30.6 Å². The van der Waals surface area contributed by atoms with Crippen molar-refractivity contribution in [2.45, 2.75) is 30.7 Å². The van der Waals surface area contributed by atoms with E-state index in [1.165, 1.54) is 22.6 Å². The number of aromatic nitrogens is 2. The molecule has 1 amide bonds. The fourth-order valence-electron chi connectivity index (χ4n) is 3.82. The molecule has 0 bridgehead atoms. The molecule has 1 aliphatic heterocycles. The SMILES string of the molecule is COc1cccc(Cn2cc(NC(=O)c3cc(S(=O)(=O)N4CCCCC4)c(Cl)cc3Cl)cn2)c1. The third-order valence-corrected chi connectivity index (χ3v) is 8.24. The summed E-state index contributed by atoms with van der Waals surface area (Å²) in [5.74, 6) is 0.184. The highest BCUT2D eigenvalue weighted by atomic mass is 35.5. The van der Waals surface area contributed by atoms with Crippen molar-refractivity contribution in [3.05, 3.63) is 70.0 Å². The molecule has 1 aliphatic rings. The number of sulfonamides is 1. The number of ether oxygens (including phenoxy) is 1. The molecule has 0 spiro atoms. The van der Waals surface area contributed by atoms with Crippen molar-refractivity contribution < 1.29 is 17.9 Å². The summed E-state index contributed by atoms with van der Waals surface area (Å²) in [7, 11) is -2.24. The molecule has 2 aromatic carbocycles. The largest absolute Gasteiger partial charge is 0.497 e. The summed E-state index contributed by atoms with van der Waals surface area (Å²) in [5.41, 5.74) is 1.44. The van der Waals surface area contributed by atoms with Crippen LogP contribution in [-0.4, -0.2) is 48.6 Å². The smallest absolute Gasteiger partial charge is 0.257 e. The Morgan fingerprint density at radius 3 is 2.62 bits per heavy atom. The number of nitrogens with one attached hydrogen (secondary N) is 1. The van der Waals surface area contributed by atoms with Crippen LogP contribution in [0, 0.1) is 0 Å². The minimum atomic E-state index is -3.84. The minimum absolute atomic E-state index is 0.0155. The Kier molecular flexibility index (Phi) is 7.47. The van der Waals surface area contributed by atoms with Gasteiger partial charge < -0.3 is 10.1 Å². The Labute approximate surface area is 208 Å². The van der Waals surface area contributed by atoms with E-state index >= 15 is 0 Å². The van der Waals surface area contributed by atoms with E-state index in [9.17, 15) is 13.2 Å². The van der Waals surface area contributed by atoms with Crippen LogP contribution in [0.5, 0.6) is 5.75 Å². The fraction of sp³-hybridized carbons (Fsp3) is 0.304. The third-order valence-electron chi connectivity index (χ3n) is 5.57. The van der Waals surface area contributed by atoms with Gasteiger partial charge in [0.2, 0.25) is 10.0 Å². The Balaban J connectivity index is 1.53. The molecule has 0 unspecified atom stereocenters. The van der Waals surface area contributed by atoms with E-state index in [0.29, 0.717) is 25.3 Å². The molecule has 1 aromatic heterocycles. The number of benzene rings is 2. The van der Waals surface area contributed by atoms with Crippen LogP contribution in [0.1, 0.15) is 35.2 Å². The van der Waals surface area contributed by atoms with Gasteiger partial charge in [0.1, 0.15) is 10.6 Å². The first-order valence-electron chi connectivity index (χ1n) is 10.7. The summed E-state index contributed by atoms with van der Waals surface area (Å²) in [4.78, 5) is 12.8. The molecule has 1 N–H and O–H groups in total. The Hall–Kier alpha value is -2.59. The van der Waals surface area contributed by atoms with E-state index in [1.54, 1.807) is 18.0 Å². The first-order valence-corrected chi connectivity index (χ1v) is 12.9. The predicted molar refractivity (Wildman–Crippen MR) is 131 cm³/mol. The number of hydrogen-bond acceptors (Lipinski definition) is 5. The lowest BCUT2D eigenvalue weighted by Crippen LogP contribution is -2.35. The van der Waals surface area contributed by atoms with Gasteiger partial charge in [-0.15, -0.1) is 0 Å². The number of rotatable bonds is 7. The summed E-state index contributed by atoms with van der Waals surface area (Å²) in [5, 5.41) is 7.04. The van der Waals surface area contributed by atoms with Crippen molar-refractivity contribution in [1.29, 1.82) is 0 Å². The third kappa shape index (κ3) is 5.38. The van der Waals surface area contributed by atoms with Gasteiger partial charge >= 0.3 is 0 Å². The van der Waals surface area contributed by atoms with Crippen LogP contribution >= 0.6 is 23.2 Å². The van der Waals surface area contributed by atoms with Gasteiger partial charge in [-0.2, -0.15) is 9.40 Å². The van der Waals surface area contributed by atoms with Crippen LogP contribution in [0.2, 0.25) is 10.0 Å². The summed E-state index contributed by atoms with van der Waals surface area (Å²) < 4.78 is 34.5. The monoisotopic (exact) mass is 522 g/mol. The molecule has 0 saturated carbocycles. The van der Waals surface area contributed by atoms with Gasteiger partial charge in [0, 0.05) is 19.3 Å². The molecule has 3 aromatic rings. The van der Waals surface area contributed by atoms with Gasteiger partial charge in [-0.25, -0.2) is 8.42 Å². The summed E-state index contributed by atoms with van der Waals surface area (Å²) in [6, 6.07) is 10.1. The van der Waals surface area contributed by atoms with Gasteiger partial charge in [0.05, 0.1) is 41.1 Å². The lowest BCUT2D eigenvalue weighted by atomic mass is 10.2. The molecule has 4 rings (SSSR count). The van der Waals surface area contributed by atoms with E-state index in [1.807, 2.05) is 24.3 Å². The molecule has 0 radical (unpaired) electrons. The molecular formula is C23H24Cl2N4O4S. The Morgan fingerprint density at radius 1 is 1.12 bits per heavy atom. The maximum atomic E-state index is 13.1. The van der Waals surface area contributed by atoms with Crippen molar-refractivity contribution >= 4 is 44.8 Å². The predicted octanol–water partition coefficient (Wildman–Crippen LogP) is 4.67. The molecule has 8 nitrogen and oxygen atoms in total. The van der Waals surface area contributed by atoms with Crippen molar-refractivity contribution in [2.24, 2.45) is 0 Å². The zero-order chi connectivity index (χ0) is 24.3. The normalized spacial score (nSPS) is 14.7. The molecular weight excluding hydrogens is 499 g/mol. The maximum Gasteiger partial charge on any atom is 0.257 e. The second kappa shape index (κ2) is 10.4. The molecule has 1 saturated heterocycles. The first-order chi connectivity index (χ1) is 16.3. The molecule has 11 heteroatoms. The highest BCUT2D eigenvalue weighted by Crippen LogP contribution is 2.32. The maximum absolute atomic E-state index is 13.1. The molecule has 1 fully saturated rings. The average molecular weight is 523 g/mol. The number of carbonyl (C=O) groups is 1. The highest BCUT2D eigenvalue weighted by molar-refractivity contribution is 7.89. The van der Waals surface area contributed by atoms with Crippen LogP contribution in [0.25, 0.3) is 0 Å². The number of anilines is 1. The minimum Gasteiger partial charge on any atom is -0.497 e. The molecule has 180 valence electrons. The van der Waals surface area contributed by atoms with Crippen LogP contribution < -0.4 is 10.1 Å². The van der Waals surface area contributed by atoms with Crippen molar-refractivity contribution in [2.75, 3.05) is 25.5 Å². The first kappa shape index (κ1) is 24.5. The van der Waals surface area contributed by atoms with Gasteiger partial charge in [-0.1, -0.05) is 41.8 Å². The fourth-order valence-corrected chi connectivity index (χ4v) is 6.17. The van der Waals surface area contributed by atoms with Crippen molar-refractivity contribution in [3.63, 3.8) is 0 Å². The van der Waals surface area contributed by atoms with E-state index in [-0.39, 0.29) is 20.5 Å². The lowest BCUT2D eigenvalue weighted by molar-refractivity contribution is 0.102. The van der Waals surface area contributed by atoms with Crippen molar-refractivity contribution in [1.82, 2.24) is 14.1 Å². The molecule has 0 aliphatic carbocycles. The number of nitrogens with zero attached hydrogens (tertiary/aromatic N) is 3. The standard InChI is InChI=1S/C23H24Cl2N4O4S/c1-33-18-7-5-6-16(10-18)14-28-15-17(13-26-28)27-23(30)19-11-22(21(25)12-20(19)24)34(31,32)29-8-3-2-4-9-29/h5-7,10-13,15H,2-4,8-9,14H2,1H3,(H,27,30). The van der Waals surface area contributed by atoms with Crippen molar-refractivity contribution in [3.8, 4) is 5.75 Å².